The maximum Gasteiger partial charge on any atom is 0.268 e. The van der Waals surface area contributed by atoms with E-state index in [4.69, 9.17) is 10.5 Å². The summed E-state index contributed by atoms with van der Waals surface area (Å²) >= 11 is 0. The number of carbonyl (C=O) groups is 1. The van der Waals surface area contributed by atoms with Gasteiger partial charge >= 0.3 is 0 Å². The highest BCUT2D eigenvalue weighted by molar-refractivity contribution is 5.99. The van der Waals surface area contributed by atoms with Crippen LogP contribution in [-0.2, 0) is 10.3 Å². The molecule has 8 heteroatoms. The van der Waals surface area contributed by atoms with E-state index in [1.165, 1.54) is 6.07 Å². The molecule has 0 radical (unpaired) electrons. The number of halogens is 2. The summed E-state index contributed by atoms with van der Waals surface area (Å²) in [6, 6.07) is 6.99. The van der Waals surface area contributed by atoms with Crippen molar-refractivity contribution in [1.82, 2.24) is 15.0 Å². The summed E-state index contributed by atoms with van der Waals surface area (Å²) in [5, 5.41) is 0. The lowest BCUT2D eigenvalue weighted by Crippen LogP contribution is -2.41. The Labute approximate surface area is 184 Å². The van der Waals surface area contributed by atoms with Gasteiger partial charge in [-0.05, 0) is 43.4 Å². The number of amides is 1. The molecule has 3 aromatic rings. The first-order valence-electron chi connectivity index (χ1n) is 10.6. The second-order valence-corrected chi connectivity index (χ2v) is 8.17. The normalized spacial score (nSPS) is 18.7. The zero-order valence-electron chi connectivity index (χ0n) is 17.9. The highest BCUT2D eigenvalue weighted by Gasteiger charge is 2.43. The molecular weight excluding hydrogens is 414 g/mol. The number of nitrogens with two attached hydrogens (primary N) is 1. The maximum atomic E-state index is 14.6. The lowest BCUT2D eigenvalue weighted by Gasteiger charge is -2.41. The van der Waals surface area contributed by atoms with Crippen molar-refractivity contribution in [3.63, 3.8) is 0 Å². The van der Waals surface area contributed by atoms with Gasteiger partial charge in [-0.2, -0.15) is 0 Å². The number of pyridine rings is 1. The van der Waals surface area contributed by atoms with Crippen molar-refractivity contribution in [3.8, 4) is 22.5 Å². The summed E-state index contributed by atoms with van der Waals surface area (Å²) in [6.45, 7) is 4.49. The standard InChI is InChI=1S/C24H24F2N4O2/c1-14(2)24(10-3-4-12-32-24)21-18(15-7-6-11-28-13-15)20(22(27)31)29-23(30-21)19-16(25)8-5-9-17(19)26/h5-9,11,13-14H,3-4,10,12H2,1-2H3,(H2,27,31). The molecule has 6 nitrogen and oxygen atoms in total. The van der Waals surface area contributed by atoms with E-state index in [1.807, 2.05) is 13.8 Å². The van der Waals surface area contributed by atoms with Crippen LogP contribution in [-0.4, -0.2) is 27.5 Å². The Morgan fingerprint density at radius 1 is 1.09 bits per heavy atom. The lowest BCUT2D eigenvalue weighted by molar-refractivity contribution is -0.117. The van der Waals surface area contributed by atoms with Crippen molar-refractivity contribution >= 4 is 5.91 Å². The third-order valence-corrected chi connectivity index (χ3v) is 5.91. The summed E-state index contributed by atoms with van der Waals surface area (Å²) in [5.74, 6) is -2.79. The van der Waals surface area contributed by atoms with E-state index in [0.717, 1.165) is 25.0 Å². The van der Waals surface area contributed by atoms with Gasteiger partial charge < -0.3 is 10.5 Å². The average molecular weight is 438 g/mol. The quantitative estimate of drug-likeness (QED) is 0.627. The van der Waals surface area contributed by atoms with Crippen molar-refractivity contribution < 1.29 is 18.3 Å². The highest BCUT2D eigenvalue weighted by atomic mass is 19.1. The van der Waals surface area contributed by atoms with E-state index in [9.17, 15) is 13.6 Å². The number of carbonyl (C=O) groups excluding carboxylic acids is 1. The van der Waals surface area contributed by atoms with Gasteiger partial charge in [-0.25, -0.2) is 18.7 Å². The van der Waals surface area contributed by atoms with Crippen molar-refractivity contribution in [2.45, 2.75) is 38.7 Å². The number of rotatable bonds is 5. The molecule has 32 heavy (non-hydrogen) atoms. The maximum absolute atomic E-state index is 14.6. The Morgan fingerprint density at radius 3 is 2.41 bits per heavy atom. The van der Waals surface area contributed by atoms with Crippen LogP contribution in [0.2, 0.25) is 0 Å². The van der Waals surface area contributed by atoms with Crippen LogP contribution in [0.15, 0.2) is 42.7 Å². The lowest BCUT2D eigenvalue weighted by atomic mass is 9.77. The van der Waals surface area contributed by atoms with E-state index < -0.39 is 28.7 Å². The molecule has 1 saturated heterocycles. The molecule has 0 saturated carbocycles. The van der Waals surface area contributed by atoms with E-state index in [1.54, 1.807) is 24.5 Å². The monoisotopic (exact) mass is 438 g/mol. The molecule has 166 valence electrons. The second-order valence-electron chi connectivity index (χ2n) is 8.17. The third kappa shape index (κ3) is 3.75. The summed E-state index contributed by atoms with van der Waals surface area (Å²) < 4.78 is 35.6. The molecule has 2 N–H and O–H groups in total. The molecule has 1 aliphatic rings. The van der Waals surface area contributed by atoms with Crippen LogP contribution in [0.4, 0.5) is 8.78 Å². The number of nitrogens with zero attached hydrogens (tertiary/aromatic N) is 3. The van der Waals surface area contributed by atoms with Gasteiger partial charge in [0.25, 0.3) is 5.91 Å². The van der Waals surface area contributed by atoms with E-state index in [2.05, 4.69) is 15.0 Å². The van der Waals surface area contributed by atoms with Gasteiger partial charge in [0.05, 0.1) is 11.3 Å². The molecule has 4 rings (SSSR count). The molecule has 1 fully saturated rings. The first-order valence-corrected chi connectivity index (χ1v) is 10.6. The van der Waals surface area contributed by atoms with Gasteiger partial charge in [0.15, 0.2) is 5.82 Å². The largest absolute Gasteiger partial charge is 0.368 e. The van der Waals surface area contributed by atoms with Crippen LogP contribution in [0.5, 0.6) is 0 Å². The fourth-order valence-corrected chi connectivity index (χ4v) is 4.28. The van der Waals surface area contributed by atoms with Crippen molar-refractivity contribution in [3.05, 3.63) is 65.7 Å². The van der Waals surface area contributed by atoms with Gasteiger partial charge in [0.2, 0.25) is 0 Å². The van der Waals surface area contributed by atoms with Crippen LogP contribution >= 0.6 is 0 Å². The fourth-order valence-electron chi connectivity index (χ4n) is 4.28. The molecule has 1 aromatic carbocycles. The molecule has 0 aliphatic carbocycles. The minimum atomic E-state index is -0.882. The first kappa shape index (κ1) is 22.0. The van der Waals surface area contributed by atoms with Gasteiger partial charge in [-0.15, -0.1) is 0 Å². The van der Waals surface area contributed by atoms with Gasteiger partial charge in [0.1, 0.15) is 22.9 Å². The molecule has 0 spiro atoms. The topological polar surface area (TPSA) is 91.0 Å². The van der Waals surface area contributed by atoms with Crippen molar-refractivity contribution in [1.29, 1.82) is 0 Å². The van der Waals surface area contributed by atoms with Crippen molar-refractivity contribution in [2.24, 2.45) is 11.7 Å². The van der Waals surface area contributed by atoms with Gasteiger partial charge in [-0.3, -0.25) is 9.78 Å². The minimum Gasteiger partial charge on any atom is -0.368 e. The zero-order valence-corrected chi connectivity index (χ0v) is 17.9. The number of benzene rings is 1. The molecule has 1 atom stereocenters. The Bertz CT molecular complexity index is 1130. The minimum absolute atomic E-state index is 0.0489. The summed E-state index contributed by atoms with van der Waals surface area (Å²) in [5.41, 5.74) is 5.63. The van der Waals surface area contributed by atoms with Crippen LogP contribution in [0, 0.1) is 17.6 Å². The second kappa shape index (κ2) is 8.70. The smallest absolute Gasteiger partial charge is 0.268 e. The molecule has 0 bridgehead atoms. The predicted molar refractivity (Wildman–Crippen MR) is 115 cm³/mol. The molecule has 1 unspecified atom stereocenters. The Kier molecular flexibility index (Phi) is 5.97. The van der Waals surface area contributed by atoms with E-state index >= 15 is 0 Å². The number of hydrogen-bond acceptors (Lipinski definition) is 5. The van der Waals surface area contributed by atoms with Crippen molar-refractivity contribution in [2.75, 3.05) is 6.61 Å². The SMILES string of the molecule is CC(C)C1(c2nc(-c3c(F)cccc3F)nc(C(N)=O)c2-c2cccnc2)CCCCO1. The summed E-state index contributed by atoms with van der Waals surface area (Å²) in [4.78, 5) is 25.6. The summed E-state index contributed by atoms with van der Waals surface area (Å²) in [6.07, 6.45) is 5.58. The Hall–Kier alpha value is -3.26. The predicted octanol–water partition coefficient (Wildman–Crippen LogP) is 4.63. The fraction of sp³-hybridized carbons (Fsp3) is 0.333. The Morgan fingerprint density at radius 2 is 1.84 bits per heavy atom. The molecule has 1 aliphatic heterocycles. The van der Waals surface area contributed by atoms with Gasteiger partial charge in [0, 0.05) is 30.1 Å². The zero-order chi connectivity index (χ0) is 22.9. The van der Waals surface area contributed by atoms with Gasteiger partial charge in [-0.1, -0.05) is 26.0 Å². The van der Waals surface area contributed by atoms with Crippen LogP contribution in [0.25, 0.3) is 22.5 Å². The number of aromatic nitrogens is 3. The third-order valence-electron chi connectivity index (χ3n) is 5.91. The first-order chi connectivity index (χ1) is 15.3. The van der Waals surface area contributed by atoms with E-state index in [-0.39, 0.29) is 17.4 Å². The molecule has 2 aromatic heterocycles. The highest BCUT2D eigenvalue weighted by Crippen LogP contribution is 2.45. The number of primary amides is 1. The average Bonchev–Trinajstić information content (AvgIpc) is 2.79. The Balaban J connectivity index is 2.11. The molecule has 3 heterocycles. The number of ether oxygens (including phenoxy) is 1. The van der Waals surface area contributed by atoms with Crippen LogP contribution < -0.4 is 5.73 Å². The summed E-state index contributed by atoms with van der Waals surface area (Å²) in [7, 11) is 0. The van der Waals surface area contributed by atoms with Crippen LogP contribution in [0.1, 0.15) is 49.3 Å². The molecule has 1 amide bonds. The molecular formula is C24H24F2N4O2. The van der Waals surface area contributed by atoms with E-state index in [0.29, 0.717) is 29.8 Å². The number of hydrogen-bond donors (Lipinski definition) is 1. The van der Waals surface area contributed by atoms with Crippen LogP contribution in [0.3, 0.4) is 0 Å².